The lowest BCUT2D eigenvalue weighted by Crippen LogP contribution is -2.53. The Morgan fingerprint density at radius 1 is 1.17 bits per heavy atom. The summed E-state index contributed by atoms with van der Waals surface area (Å²) in [6.07, 6.45) is 5.95. The molecular weight excluding hydrogens is 374 g/mol. The fourth-order valence-electron chi connectivity index (χ4n) is 4.72. The molecule has 0 spiro atoms. The maximum absolute atomic E-state index is 12.4. The molecule has 4 heteroatoms. The van der Waals surface area contributed by atoms with Crippen molar-refractivity contribution in [3.05, 3.63) is 42.0 Å². The molecule has 3 nitrogen and oxygen atoms in total. The van der Waals surface area contributed by atoms with Crippen LogP contribution >= 0.6 is 0 Å². The number of rotatable bonds is 5. The van der Waals surface area contributed by atoms with E-state index in [0.29, 0.717) is 12.3 Å². The quantitative estimate of drug-likeness (QED) is 0.537. The Hall–Kier alpha value is -1.39. The van der Waals surface area contributed by atoms with Crippen molar-refractivity contribution < 1.29 is 9.22 Å². The molecule has 0 N–H and O–H groups in total. The molecule has 1 fully saturated rings. The summed E-state index contributed by atoms with van der Waals surface area (Å²) >= 11 is 0. The van der Waals surface area contributed by atoms with Crippen LogP contribution in [0.4, 0.5) is 5.69 Å². The first kappa shape index (κ1) is 22.3. The van der Waals surface area contributed by atoms with E-state index in [0.717, 1.165) is 25.8 Å². The molecule has 2 aliphatic carbocycles. The summed E-state index contributed by atoms with van der Waals surface area (Å²) in [6, 6.07) is 10.5. The molecule has 3 rings (SSSR count). The van der Waals surface area contributed by atoms with E-state index in [4.69, 9.17) is 4.43 Å². The van der Waals surface area contributed by atoms with Gasteiger partial charge >= 0.3 is 0 Å². The second-order valence-electron chi connectivity index (χ2n) is 10.8. The molecule has 3 atom stereocenters. The third-order valence-corrected chi connectivity index (χ3v) is 12.2. The van der Waals surface area contributed by atoms with E-state index >= 15 is 0 Å². The van der Waals surface area contributed by atoms with Crippen LogP contribution in [0.15, 0.2) is 42.0 Å². The van der Waals surface area contributed by atoms with E-state index < -0.39 is 8.32 Å². The molecule has 160 valence electrons. The number of benzene rings is 1. The number of hydrogen-bond acceptors (Lipinski definition) is 3. The summed E-state index contributed by atoms with van der Waals surface area (Å²) in [7, 11) is 0.301. The van der Waals surface area contributed by atoms with Gasteiger partial charge in [0.1, 0.15) is 0 Å². The first-order valence-electron chi connectivity index (χ1n) is 11.1. The lowest BCUT2D eigenvalue weighted by molar-refractivity contribution is -0.116. The number of hydrogen-bond donors (Lipinski definition) is 0. The minimum absolute atomic E-state index is 0.0239. The first-order chi connectivity index (χ1) is 13.4. The van der Waals surface area contributed by atoms with E-state index in [2.05, 4.69) is 83.1 Å². The molecule has 1 aromatic rings. The number of carbonyl (C=O) groups is 1. The largest absolute Gasteiger partial charge is 0.413 e. The number of carbonyl (C=O) groups excluding carboxylic acids is 1. The average molecular weight is 414 g/mol. The summed E-state index contributed by atoms with van der Waals surface area (Å²) in [4.78, 5) is 14.7. The lowest BCUT2D eigenvalue weighted by atomic mass is 9.60. The topological polar surface area (TPSA) is 29.5 Å². The zero-order valence-electron chi connectivity index (χ0n) is 19.4. The monoisotopic (exact) mass is 413 g/mol. The van der Waals surface area contributed by atoms with Gasteiger partial charge in [-0.2, -0.15) is 0 Å². The highest BCUT2D eigenvalue weighted by atomic mass is 28.4. The maximum Gasteiger partial charge on any atom is 0.192 e. The van der Waals surface area contributed by atoms with Crippen molar-refractivity contribution in [3.8, 4) is 0 Å². The van der Waals surface area contributed by atoms with Gasteiger partial charge in [0.2, 0.25) is 0 Å². The van der Waals surface area contributed by atoms with E-state index in [1.807, 2.05) is 6.08 Å². The highest BCUT2D eigenvalue weighted by molar-refractivity contribution is 6.74. The standard InChI is InChI=1S/C25H39NO2Si/c1-24(2,3)29(6,7)28-23-14-13-19(18-26(5)20-11-9-8-10-12-20)22-17-21(27)15-16-25(22,23)4/h8-12,17,19,23H,13-16,18H2,1-7H3/t19-,23+,25+/m0/s1. The van der Waals surface area contributed by atoms with Crippen molar-refractivity contribution in [2.75, 3.05) is 18.5 Å². The fraction of sp³-hybridized carbons (Fsp3) is 0.640. The van der Waals surface area contributed by atoms with Crippen molar-refractivity contribution in [2.45, 2.75) is 77.6 Å². The van der Waals surface area contributed by atoms with Crippen LogP contribution in [-0.2, 0) is 9.22 Å². The van der Waals surface area contributed by atoms with Gasteiger partial charge in [0.25, 0.3) is 0 Å². The fourth-order valence-corrected chi connectivity index (χ4v) is 6.17. The van der Waals surface area contributed by atoms with Crippen LogP contribution in [0.1, 0.15) is 53.4 Å². The molecule has 0 radical (unpaired) electrons. The second kappa shape index (κ2) is 8.03. The molecule has 0 bridgehead atoms. The van der Waals surface area contributed by atoms with Crippen LogP contribution in [0.2, 0.25) is 18.1 Å². The Morgan fingerprint density at radius 2 is 1.83 bits per heavy atom. The SMILES string of the molecule is CN(C[C@@H]1CC[C@@H](O[Si](C)(C)C(C)(C)C)[C@]2(C)CCC(=O)C=C12)c1ccccc1. The van der Waals surface area contributed by atoms with E-state index in [1.165, 1.54) is 11.3 Å². The van der Waals surface area contributed by atoms with Crippen molar-refractivity contribution in [1.82, 2.24) is 0 Å². The van der Waals surface area contributed by atoms with Gasteiger partial charge < -0.3 is 9.33 Å². The molecule has 1 saturated carbocycles. The maximum atomic E-state index is 12.4. The highest BCUT2D eigenvalue weighted by Gasteiger charge is 2.50. The molecule has 29 heavy (non-hydrogen) atoms. The van der Waals surface area contributed by atoms with Crippen molar-refractivity contribution in [2.24, 2.45) is 11.3 Å². The first-order valence-corrected chi connectivity index (χ1v) is 14.0. The molecule has 0 amide bonds. The summed E-state index contributed by atoms with van der Waals surface area (Å²) < 4.78 is 6.96. The van der Waals surface area contributed by atoms with Crippen LogP contribution in [0.5, 0.6) is 0 Å². The smallest absolute Gasteiger partial charge is 0.192 e. The molecule has 0 aliphatic heterocycles. The predicted octanol–water partition coefficient (Wildman–Crippen LogP) is 6.22. The third-order valence-electron chi connectivity index (χ3n) is 7.73. The van der Waals surface area contributed by atoms with Gasteiger partial charge in [0.15, 0.2) is 14.1 Å². The van der Waals surface area contributed by atoms with Crippen LogP contribution in [-0.4, -0.2) is 33.8 Å². The molecule has 2 aliphatic rings. The van der Waals surface area contributed by atoms with Crippen molar-refractivity contribution in [3.63, 3.8) is 0 Å². The van der Waals surface area contributed by atoms with Crippen molar-refractivity contribution in [1.29, 1.82) is 0 Å². The molecule has 0 saturated heterocycles. The minimum Gasteiger partial charge on any atom is -0.413 e. The van der Waals surface area contributed by atoms with Gasteiger partial charge in [0.05, 0.1) is 6.10 Å². The summed E-state index contributed by atoms with van der Waals surface area (Å²) in [5.41, 5.74) is 2.55. The Bertz CT molecular complexity index is 765. The summed E-state index contributed by atoms with van der Waals surface area (Å²) in [6.45, 7) is 14.9. The van der Waals surface area contributed by atoms with Gasteiger partial charge in [-0.05, 0) is 61.5 Å². The average Bonchev–Trinajstić information content (AvgIpc) is 2.65. The molecule has 0 heterocycles. The summed E-state index contributed by atoms with van der Waals surface area (Å²) in [5.74, 6) is 0.700. The number of para-hydroxylation sites is 1. The normalized spacial score (nSPS) is 28.0. The molecule has 0 unspecified atom stereocenters. The van der Waals surface area contributed by atoms with Crippen LogP contribution in [0.25, 0.3) is 0 Å². The van der Waals surface area contributed by atoms with Gasteiger partial charge in [0, 0.05) is 31.1 Å². The molecular formula is C25H39NO2Si. The van der Waals surface area contributed by atoms with E-state index in [9.17, 15) is 4.79 Å². The van der Waals surface area contributed by atoms with Crippen LogP contribution in [0.3, 0.4) is 0 Å². The number of anilines is 1. The lowest BCUT2D eigenvalue weighted by Gasteiger charge is -2.52. The van der Waals surface area contributed by atoms with Gasteiger partial charge in [-0.25, -0.2) is 0 Å². The van der Waals surface area contributed by atoms with Gasteiger partial charge in [-0.1, -0.05) is 51.5 Å². The molecule has 1 aromatic carbocycles. The van der Waals surface area contributed by atoms with Gasteiger partial charge in [-0.3, -0.25) is 4.79 Å². The van der Waals surface area contributed by atoms with Crippen LogP contribution in [0, 0.1) is 11.3 Å². The highest BCUT2D eigenvalue weighted by Crippen LogP contribution is 2.52. The number of fused-ring (bicyclic) bond motifs is 1. The molecule has 0 aromatic heterocycles. The second-order valence-corrected chi connectivity index (χ2v) is 15.6. The van der Waals surface area contributed by atoms with Gasteiger partial charge in [-0.15, -0.1) is 0 Å². The minimum atomic E-state index is -1.86. The summed E-state index contributed by atoms with van der Waals surface area (Å²) in [5, 5.41) is 0.197. The Balaban J connectivity index is 1.85. The predicted molar refractivity (Wildman–Crippen MR) is 125 cm³/mol. The number of allylic oxidation sites excluding steroid dienone is 1. The van der Waals surface area contributed by atoms with E-state index in [-0.39, 0.29) is 22.3 Å². The Labute approximate surface area is 178 Å². The zero-order valence-corrected chi connectivity index (χ0v) is 20.4. The Morgan fingerprint density at radius 3 is 2.45 bits per heavy atom. The number of ketones is 1. The number of nitrogens with zero attached hydrogens (tertiary/aromatic N) is 1. The zero-order chi connectivity index (χ0) is 21.4. The van der Waals surface area contributed by atoms with E-state index in [1.54, 1.807) is 0 Å². The van der Waals surface area contributed by atoms with Crippen molar-refractivity contribution >= 4 is 19.8 Å². The third kappa shape index (κ3) is 4.53. The Kier molecular flexibility index (Phi) is 6.17. The van der Waals surface area contributed by atoms with Crippen LogP contribution < -0.4 is 4.90 Å².